The molecule has 27 heavy (non-hydrogen) atoms. The highest BCUT2D eigenvalue weighted by atomic mass is 16.6. The lowest BCUT2D eigenvalue weighted by molar-refractivity contribution is -0.119. The summed E-state index contributed by atoms with van der Waals surface area (Å²) in [7, 11) is 0. The summed E-state index contributed by atoms with van der Waals surface area (Å²) in [6, 6.07) is 8.46. The molecule has 0 bridgehead atoms. The van der Waals surface area contributed by atoms with Crippen molar-refractivity contribution in [2.45, 2.75) is 19.1 Å². The molecule has 0 aliphatic carbocycles. The van der Waals surface area contributed by atoms with Crippen molar-refractivity contribution in [2.75, 3.05) is 18.1 Å². The van der Waals surface area contributed by atoms with Crippen molar-refractivity contribution in [1.29, 1.82) is 0 Å². The van der Waals surface area contributed by atoms with E-state index in [1.54, 1.807) is 35.4 Å². The van der Waals surface area contributed by atoms with Crippen LogP contribution in [-0.4, -0.2) is 42.3 Å². The molecule has 0 saturated carbocycles. The van der Waals surface area contributed by atoms with Crippen LogP contribution in [0.15, 0.2) is 36.5 Å². The third-order valence-electron chi connectivity index (χ3n) is 4.56. The second-order valence-electron chi connectivity index (χ2n) is 6.30. The molecule has 1 aromatic carbocycles. The third kappa shape index (κ3) is 3.04. The number of cyclic esters (lactones) is 1. The molecule has 2 aromatic rings. The van der Waals surface area contributed by atoms with Gasteiger partial charge in [-0.15, -0.1) is 0 Å². The Bertz CT molecular complexity index is 968. The van der Waals surface area contributed by atoms with E-state index in [1.807, 2.05) is 6.07 Å². The van der Waals surface area contributed by atoms with Crippen molar-refractivity contribution in [1.82, 2.24) is 10.3 Å². The topological polar surface area (TPSA) is 85.1 Å². The molecule has 2 aliphatic heterocycles. The number of nitrogens with one attached hydrogen (secondary N) is 1. The average molecular weight is 364 g/mol. The number of hydrogen-bond acceptors (Lipinski definition) is 5. The maximum Gasteiger partial charge on any atom is 0.415 e. The van der Waals surface area contributed by atoms with Gasteiger partial charge in [0.2, 0.25) is 5.91 Å². The van der Waals surface area contributed by atoms with E-state index in [0.717, 1.165) is 5.56 Å². The van der Waals surface area contributed by atoms with E-state index in [9.17, 15) is 9.59 Å². The van der Waals surface area contributed by atoms with Crippen molar-refractivity contribution in [3.8, 4) is 17.0 Å². The molecular weight excluding hydrogens is 348 g/mol. The number of ether oxygens (including phenoxy) is 2. The number of aromatic nitrogens is 1. The highest BCUT2D eigenvalue weighted by Gasteiger charge is 2.46. The minimum Gasteiger partial charge on any atom is -0.489 e. The number of rotatable bonds is 3. The second kappa shape index (κ2) is 6.61. The summed E-state index contributed by atoms with van der Waals surface area (Å²) in [4.78, 5) is 32.8. The SMILES string of the molecule is [C-]#[N+]c1ccnc(-c2ccc3c(c2)OC[C@H]2[C@H](CNC(C)=O)OC(=O)N32)c1. The molecule has 8 nitrogen and oxygen atoms in total. The first kappa shape index (κ1) is 16.8. The van der Waals surface area contributed by atoms with Crippen LogP contribution in [-0.2, 0) is 9.53 Å². The predicted octanol–water partition coefficient (Wildman–Crippen LogP) is 2.52. The van der Waals surface area contributed by atoms with Crippen molar-refractivity contribution in [3.63, 3.8) is 0 Å². The van der Waals surface area contributed by atoms with Crippen molar-refractivity contribution in [3.05, 3.63) is 47.9 Å². The van der Waals surface area contributed by atoms with Crippen LogP contribution in [0.25, 0.3) is 16.1 Å². The standard InChI is InChI=1S/C19H16N4O4/c1-11(24)22-9-18-16-10-26-17-7-12(14-8-13(20-2)5-6-21-14)3-4-15(17)23(16)19(25)27-18/h3-8,16,18H,9-10H2,1H3,(H,22,24)/t16-,18-/m0/s1. The highest BCUT2D eigenvalue weighted by molar-refractivity contribution is 5.94. The molecule has 3 heterocycles. The fourth-order valence-electron chi connectivity index (χ4n) is 3.26. The lowest BCUT2D eigenvalue weighted by atomic mass is 10.1. The number of amides is 2. The zero-order chi connectivity index (χ0) is 19.0. The Balaban J connectivity index is 1.63. The zero-order valence-corrected chi connectivity index (χ0v) is 14.5. The summed E-state index contributed by atoms with van der Waals surface area (Å²) in [5, 5.41) is 2.68. The molecule has 2 amide bonds. The van der Waals surface area contributed by atoms with Gasteiger partial charge in [0.15, 0.2) is 5.69 Å². The van der Waals surface area contributed by atoms with Crippen molar-refractivity contribution in [2.24, 2.45) is 0 Å². The van der Waals surface area contributed by atoms with Gasteiger partial charge in [0.05, 0.1) is 24.5 Å². The number of fused-ring (bicyclic) bond motifs is 3. The fraction of sp³-hybridized carbons (Fsp3) is 0.263. The molecule has 136 valence electrons. The first-order valence-corrected chi connectivity index (χ1v) is 8.42. The molecule has 1 fully saturated rings. The summed E-state index contributed by atoms with van der Waals surface area (Å²) in [6.45, 7) is 9.05. The molecule has 1 N–H and O–H groups in total. The number of hydrogen-bond donors (Lipinski definition) is 1. The Labute approximate surface area is 155 Å². The van der Waals surface area contributed by atoms with E-state index in [1.165, 1.54) is 6.92 Å². The summed E-state index contributed by atoms with van der Waals surface area (Å²) in [5.74, 6) is 0.372. The smallest absolute Gasteiger partial charge is 0.415 e. The van der Waals surface area contributed by atoms with Gasteiger partial charge >= 0.3 is 6.09 Å². The van der Waals surface area contributed by atoms with Gasteiger partial charge in [-0.2, -0.15) is 0 Å². The lowest BCUT2D eigenvalue weighted by Crippen LogP contribution is -2.47. The zero-order valence-electron chi connectivity index (χ0n) is 14.5. The molecule has 4 rings (SSSR count). The normalized spacial score (nSPS) is 20.0. The molecule has 8 heteroatoms. The second-order valence-corrected chi connectivity index (χ2v) is 6.30. The van der Waals surface area contributed by atoms with Gasteiger partial charge in [-0.25, -0.2) is 9.64 Å². The molecule has 0 radical (unpaired) electrons. The van der Waals surface area contributed by atoms with Gasteiger partial charge < -0.3 is 14.8 Å². The van der Waals surface area contributed by atoms with E-state index in [-0.39, 0.29) is 25.1 Å². The first-order chi connectivity index (χ1) is 13.1. The molecule has 0 spiro atoms. The summed E-state index contributed by atoms with van der Waals surface area (Å²) in [5.41, 5.74) is 2.57. The lowest BCUT2D eigenvalue weighted by Gasteiger charge is -2.31. The summed E-state index contributed by atoms with van der Waals surface area (Å²) >= 11 is 0. The van der Waals surface area contributed by atoms with Crippen LogP contribution in [0, 0.1) is 6.57 Å². The quantitative estimate of drug-likeness (QED) is 0.846. The van der Waals surface area contributed by atoms with Crippen LogP contribution in [0.2, 0.25) is 0 Å². The Hall–Kier alpha value is -3.60. The average Bonchev–Trinajstić information content (AvgIpc) is 3.02. The van der Waals surface area contributed by atoms with Gasteiger partial charge in [-0.3, -0.25) is 14.7 Å². The van der Waals surface area contributed by atoms with E-state index in [0.29, 0.717) is 22.8 Å². The Kier molecular flexibility index (Phi) is 4.12. The van der Waals surface area contributed by atoms with E-state index in [4.69, 9.17) is 16.0 Å². The number of carbonyl (C=O) groups excluding carboxylic acids is 2. The fourth-order valence-corrected chi connectivity index (χ4v) is 3.26. The van der Waals surface area contributed by atoms with Gasteiger partial charge in [0, 0.05) is 18.7 Å². The minimum atomic E-state index is -0.466. The van der Waals surface area contributed by atoms with Crippen molar-refractivity contribution >= 4 is 23.4 Å². The number of benzene rings is 1. The molecule has 1 aromatic heterocycles. The third-order valence-corrected chi connectivity index (χ3v) is 4.56. The molecule has 2 atom stereocenters. The molecule has 2 aliphatic rings. The maximum atomic E-state index is 12.4. The van der Waals surface area contributed by atoms with E-state index < -0.39 is 12.2 Å². The Morgan fingerprint density at radius 1 is 1.41 bits per heavy atom. The molecule has 0 unspecified atom stereocenters. The number of nitrogens with zero attached hydrogens (tertiary/aromatic N) is 3. The highest BCUT2D eigenvalue weighted by Crippen LogP contribution is 2.40. The Morgan fingerprint density at radius 2 is 2.26 bits per heavy atom. The maximum absolute atomic E-state index is 12.4. The number of carbonyl (C=O) groups is 2. The van der Waals surface area contributed by atoms with Crippen molar-refractivity contribution < 1.29 is 19.1 Å². The largest absolute Gasteiger partial charge is 0.489 e. The van der Waals surface area contributed by atoms with Crippen LogP contribution >= 0.6 is 0 Å². The monoisotopic (exact) mass is 364 g/mol. The molecule has 1 saturated heterocycles. The molecular formula is C19H16N4O4. The summed E-state index contributed by atoms with van der Waals surface area (Å²) in [6.07, 6.45) is 0.663. The van der Waals surface area contributed by atoms with E-state index >= 15 is 0 Å². The van der Waals surface area contributed by atoms with Gasteiger partial charge in [-0.05, 0) is 24.3 Å². The van der Waals surface area contributed by atoms with Crippen LogP contribution < -0.4 is 15.0 Å². The van der Waals surface area contributed by atoms with Crippen LogP contribution in [0.5, 0.6) is 5.75 Å². The van der Waals surface area contributed by atoms with Crippen LogP contribution in [0.4, 0.5) is 16.2 Å². The van der Waals surface area contributed by atoms with Crippen LogP contribution in [0.3, 0.4) is 0 Å². The van der Waals surface area contributed by atoms with Gasteiger partial charge in [-0.1, -0.05) is 6.07 Å². The van der Waals surface area contributed by atoms with Gasteiger partial charge in [0.25, 0.3) is 0 Å². The number of pyridine rings is 1. The van der Waals surface area contributed by atoms with Gasteiger partial charge in [0.1, 0.15) is 24.5 Å². The van der Waals surface area contributed by atoms with E-state index in [2.05, 4.69) is 15.1 Å². The minimum absolute atomic E-state index is 0.180. The number of anilines is 1. The predicted molar refractivity (Wildman–Crippen MR) is 96.6 cm³/mol. The van der Waals surface area contributed by atoms with Crippen LogP contribution in [0.1, 0.15) is 6.92 Å². The summed E-state index contributed by atoms with van der Waals surface area (Å²) < 4.78 is 11.3. The Morgan fingerprint density at radius 3 is 3.04 bits per heavy atom. The first-order valence-electron chi connectivity index (χ1n) is 8.42.